The van der Waals surface area contributed by atoms with Crippen molar-refractivity contribution in [3.63, 3.8) is 0 Å². The summed E-state index contributed by atoms with van der Waals surface area (Å²) in [6.45, 7) is 9.75. The molecule has 1 heterocycles. The van der Waals surface area contributed by atoms with Crippen LogP contribution in [0.5, 0.6) is 0 Å². The molecule has 1 aromatic rings. The molecule has 90 valence electrons. The Hall–Kier alpha value is -1.58. The standard InChI is InChI=1S/C10H14N2O2.C2H6/c1-10(2,3)11-9(13)8-4-6-12(14)7-5-8;1-2/h4-7H,1-3H3,(H-,11,13,14);1-2H3/p+1. The number of aromatic nitrogens is 1. The molecule has 1 rings (SSSR count). The smallest absolute Gasteiger partial charge is 0.252 e. The Morgan fingerprint density at radius 3 is 2.06 bits per heavy atom. The first kappa shape index (κ1) is 14.4. The molecule has 0 fully saturated rings. The lowest BCUT2D eigenvalue weighted by atomic mass is 10.1. The van der Waals surface area contributed by atoms with Gasteiger partial charge in [-0.05, 0) is 20.8 Å². The fourth-order valence-corrected chi connectivity index (χ4v) is 0.983. The highest BCUT2D eigenvalue weighted by Gasteiger charge is 2.15. The van der Waals surface area contributed by atoms with Crippen molar-refractivity contribution in [1.82, 2.24) is 5.32 Å². The van der Waals surface area contributed by atoms with E-state index in [1.54, 1.807) is 12.1 Å². The summed E-state index contributed by atoms with van der Waals surface area (Å²) < 4.78 is 0.897. The molecule has 4 nitrogen and oxygen atoms in total. The molecule has 0 saturated heterocycles. The van der Waals surface area contributed by atoms with Crippen molar-refractivity contribution in [3.8, 4) is 0 Å². The quantitative estimate of drug-likeness (QED) is 0.565. The maximum absolute atomic E-state index is 11.6. The van der Waals surface area contributed by atoms with Crippen molar-refractivity contribution < 1.29 is 14.7 Å². The van der Waals surface area contributed by atoms with E-state index < -0.39 is 0 Å². The monoisotopic (exact) mass is 225 g/mol. The molecule has 16 heavy (non-hydrogen) atoms. The molecule has 0 bridgehead atoms. The average molecular weight is 225 g/mol. The van der Waals surface area contributed by atoms with Crippen molar-refractivity contribution in [2.24, 2.45) is 0 Å². The molecule has 0 aliphatic carbocycles. The van der Waals surface area contributed by atoms with Gasteiger partial charge in [0.05, 0.1) is 5.56 Å². The van der Waals surface area contributed by atoms with Crippen LogP contribution >= 0.6 is 0 Å². The van der Waals surface area contributed by atoms with Gasteiger partial charge in [0.25, 0.3) is 5.91 Å². The maximum atomic E-state index is 11.6. The van der Waals surface area contributed by atoms with Gasteiger partial charge < -0.3 is 5.32 Å². The third kappa shape index (κ3) is 5.34. The van der Waals surface area contributed by atoms with E-state index in [1.165, 1.54) is 12.4 Å². The number of pyridine rings is 1. The first-order chi connectivity index (χ1) is 7.38. The van der Waals surface area contributed by atoms with E-state index in [1.807, 2.05) is 34.6 Å². The van der Waals surface area contributed by atoms with Gasteiger partial charge >= 0.3 is 0 Å². The van der Waals surface area contributed by atoms with Crippen molar-refractivity contribution in [2.45, 2.75) is 40.2 Å². The van der Waals surface area contributed by atoms with Gasteiger partial charge in [0.1, 0.15) is 0 Å². The second kappa shape index (κ2) is 6.10. The average Bonchev–Trinajstić information content (AvgIpc) is 2.19. The van der Waals surface area contributed by atoms with Crippen LogP contribution in [0.4, 0.5) is 0 Å². The van der Waals surface area contributed by atoms with Crippen LogP contribution in [0.1, 0.15) is 45.0 Å². The maximum Gasteiger partial charge on any atom is 0.252 e. The highest BCUT2D eigenvalue weighted by molar-refractivity contribution is 5.94. The molecule has 1 amide bonds. The lowest BCUT2D eigenvalue weighted by Crippen LogP contribution is -2.41. The molecule has 4 heteroatoms. The van der Waals surface area contributed by atoms with Crippen molar-refractivity contribution in [3.05, 3.63) is 30.1 Å². The summed E-state index contributed by atoms with van der Waals surface area (Å²) in [7, 11) is 0. The number of rotatable bonds is 1. The number of carbonyl (C=O) groups is 1. The molecule has 1 aromatic heterocycles. The lowest BCUT2D eigenvalue weighted by Gasteiger charge is -2.20. The largest absolute Gasteiger partial charge is 0.347 e. The zero-order chi connectivity index (χ0) is 12.8. The molecule has 0 aromatic carbocycles. The minimum Gasteiger partial charge on any atom is -0.347 e. The normalized spacial score (nSPS) is 10.1. The van der Waals surface area contributed by atoms with Gasteiger partial charge in [-0.2, -0.15) is 0 Å². The molecule has 0 atom stereocenters. The molecule has 0 unspecified atom stereocenters. The van der Waals surface area contributed by atoms with E-state index >= 15 is 0 Å². The minimum atomic E-state index is -0.248. The number of amides is 1. The molecule has 0 aliphatic rings. The summed E-state index contributed by atoms with van der Waals surface area (Å²) in [6.07, 6.45) is 2.83. The fourth-order valence-electron chi connectivity index (χ4n) is 0.983. The predicted molar refractivity (Wildman–Crippen MR) is 62.4 cm³/mol. The summed E-state index contributed by atoms with van der Waals surface area (Å²) in [5, 5.41) is 11.8. The molecular weight excluding hydrogens is 204 g/mol. The van der Waals surface area contributed by atoms with Crippen LogP contribution in [-0.2, 0) is 0 Å². The van der Waals surface area contributed by atoms with Gasteiger partial charge in [0.15, 0.2) is 0 Å². The Bertz CT molecular complexity index is 326. The first-order valence-electron chi connectivity index (χ1n) is 5.41. The molecule has 0 radical (unpaired) electrons. The summed E-state index contributed by atoms with van der Waals surface area (Å²) in [6, 6.07) is 3.11. The third-order valence-electron chi connectivity index (χ3n) is 1.56. The topological polar surface area (TPSA) is 53.2 Å². The minimum absolute atomic E-state index is 0.141. The first-order valence-corrected chi connectivity index (χ1v) is 5.41. The SMILES string of the molecule is CC.CC(C)(C)NC(=O)c1cc[n+](O)cc1. The number of nitrogens with one attached hydrogen (secondary N) is 1. The Morgan fingerprint density at radius 2 is 1.69 bits per heavy atom. The third-order valence-corrected chi connectivity index (χ3v) is 1.56. The number of carbonyl (C=O) groups excluding carboxylic acids is 1. The lowest BCUT2D eigenvalue weighted by molar-refractivity contribution is -0.904. The summed E-state index contributed by atoms with van der Waals surface area (Å²) >= 11 is 0. The van der Waals surface area contributed by atoms with E-state index in [0.29, 0.717) is 5.56 Å². The van der Waals surface area contributed by atoms with Crippen LogP contribution in [0.2, 0.25) is 0 Å². The Morgan fingerprint density at radius 1 is 1.25 bits per heavy atom. The summed E-state index contributed by atoms with van der Waals surface area (Å²) in [4.78, 5) is 11.6. The van der Waals surface area contributed by atoms with Crippen LogP contribution in [0.3, 0.4) is 0 Å². The van der Waals surface area contributed by atoms with Crippen molar-refractivity contribution in [2.75, 3.05) is 0 Å². The molecular formula is C12H21N2O2+. The van der Waals surface area contributed by atoms with Gasteiger partial charge in [-0.15, -0.1) is 0 Å². The molecule has 0 aliphatic heterocycles. The number of hydrogen-bond donors (Lipinski definition) is 2. The summed E-state index contributed by atoms with van der Waals surface area (Å²) in [5.74, 6) is -0.141. The molecule has 0 saturated carbocycles. The van der Waals surface area contributed by atoms with E-state index in [9.17, 15) is 4.79 Å². The highest BCUT2D eigenvalue weighted by Crippen LogP contribution is 2.02. The van der Waals surface area contributed by atoms with E-state index in [0.717, 1.165) is 4.73 Å². The Kier molecular flexibility index (Phi) is 5.50. The van der Waals surface area contributed by atoms with Crippen LogP contribution in [0, 0.1) is 0 Å². The predicted octanol–water partition coefficient (Wildman–Crippen LogP) is 1.77. The van der Waals surface area contributed by atoms with Gasteiger partial charge in [0, 0.05) is 22.4 Å². The van der Waals surface area contributed by atoms with Crippen LogP contribution < -0.4 is 10.0 Å². The van der Waals surface area contributed by atoms with Crippen LogP contribution in [-0.4, -0.2) is 16.7 Å². The fraction of sp³-hybridized carbons (Fsp3) is 0.500. The van der Waals surface area contributed by atoms with Gasteiger partial charge in [-0.25, -0.2) is 0 Å². The zero-order valence-corrected chi connectivity index (χ0v) is 10.6. The van der Waals surface area contributed by atoms with Gasteiger partial charge in [-0.1, -0.05) is 13.8 Å². The van der Waals surface area contributed by atoms with Crippen LogP contribution in [0.15, 0.2) is 24.5 Å². The van der Waals surface area contributed by atoms with E-state index in [-0.39, 0.29) is 11.4 Å². The van der Waals surface area contributed by atoms with E-state index in [2.05, 4.69) is 5.32 Å². The van der Waals surface area contributed by atoms with Crippen molar-refractivity contribution >= 4 is 5.91 Å². The number of hydrogen-bond acceptors (Lipinski definition) is 2. The Balaban J connectivity index is 0.00000106. The van der Waals surface area contributed by atoms with Crippen LogP contribution in [0.25, 0.3) is 0 Å². The highest BCUT2D eigenvalue weighted by atomic mass is 16.5. The second-order valence-corrected chi connectivity index (χ2v) is 4.17. The molecule has 0 spiro atoms. The van der Waals surface area contributed by atoms with Gasteiger partial charge in [-0.3, -0.25) is 10.0 Å². The van der Waals surface area contributed by atoms with E-state index in [4.69, 9.17) is 5.21 Å². The zero-order valence-electron chi connectivity index (χ0n) is 10.6. The van der Waals surface area contributed by atoms with Gasteiger partial charge in [0.2, 0.25) is 12.4 Å². The van der Waals surface area contributed by atoms with Crippen molar-refractivity contribution in [1.29, 1.82) is 0 Å². The second-order valence-electron chi connectivity index (χ2n) is 4.17. The summed E-state index contributed by atoms with van der Waals surface area (Å²) in [5.41, 5.74) is 0.285. The molecule has 2 N–H and O–H groups in total. The Labute approximate surface area is 96.9 Å². The number of nitrogens with zero attached hydrogens (tertiary/aromatic N) is 1.